The molecule has 1 aromatic rings. The fourth-order valence-electron chi connectivity index (χ4n) is 1.99. The Labute approximate surface area is 119 Å². The monoisotopic (exact) mass is 306 g/mol. The van der Waals surface area contributed by atoms with Gasteiger partial charge in [-0.25, -0.2) is 13.2 Å². The molecule has 6 heteroatoms. The Morgan fingerprint density at radius 2 is 1.50 bits per heavy atom. The van der Waals surface area contributed by atoms with Gasteiger partial charge < -0.3 is 8.85 Å². The number of hydrogen-bond donors (Lipinski definition) is 0. The number of hydrogen-bond acceptors (Lipinski definition) is 2. The standard InChI is InChI=1S/C14H21F3O2Si/c1-18-20(3,19-2)8-6-4-5-7-11-9-12(15)14(17)13(16)10-11/h9-10H,4-8H2,1-3H3. The second-order valence-electron chi connectivity index (χ2n) is 4.98. The SMILES string of the molecule is CO[Si](C)(CCCCCc1cc(F)c(F)c(F)c1)OC. The van der Waals surface area contributed by atoms with E-state index in [1.807, 2.05) is 6.55 Å². The molecule has 1 aromatic carbocycles. The van der Waals surface area contributed by atoms with Crippen LogP contribution in [-0.4, -0.2) is 22.8 Å². The number of benzene rings is 1. The Bertz CT molecular complexity index is 413. The van der Waals surface area contributed by atoms with Crippen LogP contribution >= 0.6 is 0 Å². The summed E-state index contributed by atoms with van der Waals surface area (Å²) in [5.41, 5.74) is 0.486. The molecule has 0 N–H and O–H groups in total. The van der Waals surface area contributed by atoms with E-state index in [0.717, 1.165) is 37.4 Å². The normalized spacial score (nSPS) is 11.9. The Morgan fingerprint density at radius 3 is 2.00 bits per heavy atom. The second kappa shape index (κ2) is 7.80. The molecular weight excluding hydrogens is 285 g/mol. The molecule has 0 aliphatic rings. The van der Waals surface area contributed by atoms with E-state index in [9.17, 15) is 13.2 Å². The number of halogens is 3. The van der Waals surface area contributed by atoms with E-state index in [4.69, 9.17) is 8.85 Å². The summed E-state index contributed by atoms with van der Waals surface area (Å²) >= 11 is 0. The predicted octanol–water partition coefficient (Wildman–Crippen LogP) is 4.18. The summed E-state index contributed by atoms with van der Waals surface area (Å²) in [6, 6.07) is 3.00. The van der Waals surface area contributed by atoms with Crippen molar-refractivity contribution < 1.29 is 22.0 Å². The Balaban J connectivity index is 2.35. The van der Waals surface area contributed by atoms with E-state index < -0.39 is 26.0 Å². The number of rotatable bonds is 8. The smallest absolute Gasteiger partial charge is 0.334 e. The molecule has 0 saturated carbocycles. The van der Waals surface area contributed by atoms with Gasteiger partial charge in [-0.1, -0.05) is 12.8 Å². The average molecular weight is 306 g/mol. The van der Waals surface area contributed by atoms with Gasteiger partial charge in [0.1, 0.15) is 0 Å². The van der Waals surface area contributed by atoms with Crippen LogP contribution in [-0.2, 0) is 15.3 Å². The molecule has 114 valence electrons. The number of aryl methyl sites for hydroxylation is 1. The van der Waals surface area contributed by atoms with Gasteiger partial charge in [0.15, 0.2) is 17.5 Å². The maximum absolute atomic E-state index is 13.0. The van der Waals surface area contributed by atoms with Crippen molar-refractivity contribution in [1.82, 2.24) is 0 Å². The van der Waals surface area contributed by atoms with Crippen LogP contribution in [0.1, 0.15) is 24.8 Å². The maximum Gasteiger partial charge on any atom is 0.334 e. The van der Waals surface area contributed by atoms with Crippen LogP contribution in [0.25, 0.3) is 0 Å². The maximum atomic E-state index is 13.0. The third kappa shape index (κ3) is 4.92. The fourth-order valence-corrected chi connectivity index (χ4v) is 3.46. The lowest BCUT2D eigenvalue weighted by atomic mass is 10.1. The molecular formula is C14H21F3O2Si. The highest BCUT2D eigenvalue weighted by Gasteiger charge is 2.27. The van der Waals surface area contributed by atoms with Crippen molar-refractivity contribution in [3.8, 4) is 0 Å². The molecule has 0 atom stereocenters. The Hall–Kier alpha value is -0.853. The van der Waals surface area contributed by atoms with Crippen LogP contribution < -0.4 is 0 Å². The summed E-state index contributed by atoms with van der Waals surface area (Å²) in [5.74, 6) is -3.66. The van der Waals surface area contributed by atoms with Crippen LogP contribution in [0.4, 0.5) is 13.2 Å². The van der Waals surface area contributed by atoms with E-state index in [1.54, 1.807) is 14.2 Å². The highest BCUT2D eigenvalue weighted by Crippen LogP contribution is 2.18. The molecule has 0 saturated heterocycles. The number of unbranched alkanes of at least 4 members (excludes halogenated alkanes) is 2. The summed E-state index contributed by atoms with van der Waals surface area (Å²) in [6.45, 7) is 2.00. The van der Waals surface area contributed by atoms with Crippen molar-refractivity contribution in [3.05, 3.63) is 35.1 Å². The minimum atomic E-state index is -2.02. The first kappa shape index (κ1) is 17.2. The first-order valence-corrected chi connectivity index (χ1v) is 9.18. The van der Waals surface area contributed by atoms with Gasteiger partial charge in [0.2, 0.25) is 0 Å². The van der Waals surface area contributed by atoms with Gasteiger partial charge in [-0.2, -0.15) is 0 Å². The highest BCUT2D eigenvalue weighted by atomic mass is 28.4. The first-order valence-electron chi connectivity index (χ1n) is 6.65. The van der Waals surface area contributed by atoms with Gasteiger partial charge >= 0.3 is 8.56 Å². The van der Waals surface area contributed by atoms with E-state index in [2.05, 4.69) is 0 Å². The molecule has 0 aliphatic carbocycles. The van der Waals surface area contributed by atoms with E-state index in [1.165, 1.54) is 0 Å². The van der Waals surface area contributed by atoms with E-state index >= 15 is 0 Å². The minimum Gasteiger partial charge on any atom is -0.398 e. The van der Waals surface area contributed by atoms with Gasteiger partial charge in [-0.15, -0.1) is 0 Å². The quantitative estimate of drug-likeness (QED) is 0.407. The van der Waals surface area contributed by atoms with Crippen molar-refractivity contribution in [2.45, 2.75) is 38.3 Å². The van der Waals surface area contributed by atoms with Gasteiger partial charge in [-0.05, 0) is 43.1 Å². The van der Waals surface area contributed by atoms with Crippen molar-refractivity contribution in [2.24, 2.45) is 0 Å². The van der Waals surface area contributed by atoms with E-state index in [0.29, 0.717) is 12.0 Å². The zero-order valence-electron chi connectivity index (χ0n) is 12.1. The van der Waals surface area contributed by atoms with Gasteiger partial charge in [-0.3, -0.25) is 0 Å². The lowest BCUT2D eigenvalue weighted by Gasteiger charge is -2.22. The molecule has 0 amide bonds. The van der Waals surface area contributed by atoms with Crippen LogP contribution in [0.5, 0.6) is 0 Å². The van der Waals surface area contributed by atoms with Crippen molar-refractivity contribution >= 4 is 8.56 Å². The Kier molecular flexibility index (Phi) is 6.71. The highest BCUT2D eigenvalue weighted by molar-refractivity contribution is 6.65. The van der Waals surface area contributed by atoms with E-state index in [-0.39, 0.29) is 0 Å². The molecule has 20 heavy (non-hydrogen) atoms. The topological polar surface area (TPSA) is 18.5 Å². The van der Waals surface area contributed by atoms with Gasteiger partial charge in [0.25, 0.3) is 0 Å². The summed E-state index contributed by atoms with van der Waals surface area (Å²) in [6.07, 6.45) is 3.18. The molecule has 0 heterocycles. The van der Waals surface area contributed by atoms with Crippen molar-refractivity contribution in [3.63, 3.8) is 0 Å². The zero-order valence-corrected chi connectivity index (χ0v) is 13.1. The van der Waals surface area contributed by atoms with Gasteiger partial charge in [0, 0.05) is 14.2 Å². The average Bonchev–Trinajstić information content (AvgIpc) is 2.44. The second-order valence-corrected chi connectivity index (χ2v) is 8.56. The van der Waals surface area contributed by atoms with Gasteiger partial charge in [0.05, 0.1) is 0 Å². The summed E-state index contributed by atoms with van der Waals surface area (Å²) < 4.78 is 49.6. The Morgan fingerprint density at radius 1 is 0.950 bits per heavy atom. The van der Waals surface area contributed by atoms with Crippen LogP contribution in [0.15, 0.2) is 12.1 Å². The first-order chi connectivity index (χ1) is 9.41. The molecule has 0 unspecified atom stereocenters. The molecule has 1 rings (SSSR count). The molecule has 0 spiro atoms. The largest absolute Gasteiger partial charge is 0.398 e. The fraction of sp³-hybridized carbons (Fsp3) is 0.571. The van der Waals surface area contributed by atoms with Crippen LogP contribution in [0.3, 0.4) is 0 Å². The predicted molar refractivity (Wildman–Crippen MR) is 74.3 cm³/mol. The third-order valence-electron chi connectivity index (χ3n) is 3.50. The molecule has 0 bridgehead atoms. The third-order valence-corrected chi connectivity index (χ3v) is 6.49. The zero-order chi connectivity index (χ0) is 15.2. The summed E-state index contributed by atoms with van der Waals surface area (Å²) in [7, 11) is 1.28. The lowest BCUT2D eigenvalue weighted by molar-refractivity contribution is 0.248. The van der Waals surface area contributed by atoms with Crippen LogP contribution in [0, 0.1) is 17.5 Å². The lowest BCUT2D eigenvalue weighted by Crippen LogP contribution is -2.35. The molecule has 2 nitrogen and oxygen atoms in total. The molecule has 0 aliphatic heterocycles. The summed E-state index contributed by atoms with van der Waals surface area (Å²) in [4.78, 5) is 0. The van der Waals surface area contributed by atoms with Crippen LogP contribution in [0.2, 0.25) is 12.6 Å². The molecule has 0 fully saturated rings. The minimum absolute atomic E-state index is 0.486. The molecule has 0 aromatic heterocycles. The van der Waals surface area contributed by atoms with Crippen molar-refractivity contribution in [2.75, 3.05) is 14.2 Å². The van der Waals surface area contributed by atoms with Crippen molar-refractivity contribution in [1.29, 1.82) is 0 Å². The molecule has 0 radical (unpaired) electrons. The summed E-state index contributed by atoms with van der Waals surface area (Å²) in [5, 5.41) is 0.